The van der Waals surface area contributed by atoms with Crippen molar-refractivity contribution in [1.29, 1.82) is 0 Å². The first kappa shape index (κ1) is 15.7. The van der Waals surface area contributed by atoms with Crippen molar-refractivity contribution in [2.45, 2.75) is 46.1 Å². The number of hydrogen-bond acceptors (Lipinski definition) is 5. The smallest absolute Gasteiger partial charge is 0.238 e. The summed E-state index contributed by atoms with van der Waals surface area (Å²) in [4.78, 5) is 8.71. The van der Waals surface area contributed by atoms with Gasteiger partial charge in [-0.25, -0.2) is 4.98 Å². The molecule has 1 N–H and O–H groups in total. The third-order valence-corrected chi connectivity index (χ3v) is 3.35. The molecule has 1 atom stereocenters. The van der Waals surface area contributed by atoms with Gasteiger partial charge in [0.1, 0.15) is 0 Å². The average molecular weight is 291 g/mol. The number of hydrogen-bond donors (Lipinski definition) is 1. The zero-order chi connectivity index (χ0) is 15.2. The molecule has 0 radical (unpaired) electrons. The first-order valence-corrected chi connectivity index (χ1v) is 7.63. The van der Waals surface area contributed by atoms with E-state index >= 15 is 0 Å². The van der Waals surface area contributed by atoms with Gasteiger partial charge in [0.05, 0.1) is 0 Å². The Morgan fingerprint density at radius 2 is 2.19 bits per heavy atom. The molecule has 2 aromatic rings. The second kappa shape index (κ2) is 7.36. The molecule has 0 saturated carbocycles. The standard InChI is InChI=1S/C15H25N5O/c1-5-6-16-12(9-11(2)3)10-13-18-14(19-21-13)15-17-7-8-20(15)4/h7-8,11-12,16H,5-6,9-10H2,1-4H3. The molecule has 2 rings (SSSR count). The van der Waals surface area contributed by atoms with E-state index in [1.807, 2.05) is 17.8 Å². The Balaban J connectivity index is 2.04. The third kappa shape index (κ3) is 4.39. The Morgan fingerprint density at radius 1 is 1.38 bits per heavy atom. The van der Waals surface area contributed by atoms with Crippen LogP contribution in [0.5, 0.6) is 0 Å². The van der Waals surface area contributed by atoms with Crippen LogP contribution in [0, 0.1) is 5.92 Å². The molecule has 6 nitrogen and oxygen atoms in total. The second-order valence-corrected chi connectivity index (χ2v) is 5.86. The van der Waals surface area contributed by atoms with Crippen LogP contribution in [0.3, 0.4) is 0 Å². The minimum Gasteiger partial charge on any atom is -0.339 e. The van der Waals surface area contributed by atoms with E-state index in [0.29, 0.717) is 23.7 Å². The summed E-state index contributed by atoms with van der Waals surface area (Å²) >= 11 is 0. The van der Waals surface area contributed by atoms with Crippen LogP contribution in [-0.4, -0.2) is 32.3 Å². The van der Waals surface area contributed by atoms with Gasteiger partial charge in [-0.15, -0.1) is 0 Å². The summed E-state index contributed by atoms with van der Waals surface area (Å²) in [7, 11) is 1.92. The topological polar surface area (TPSA) is 68.8 Å². The van der Waals surface area contributed by atoms with Gasteiger partial charge in [0.15, 0.2) is 5.82 Å². The summed E-state index contributed by atoms with van der Waals surface area (Å²) in [6, 6.07) is 0.375. The van der Waals surface area contributed by atoms with Crippen LogP contribution in [0.25, 0.3) is 11.6 Å². The maximum Gasteiger partial charge on any atom is 0.238 e. The van der Waals surface area contributed by atoms with E-state index in [-0.39, 0.29) is 0 Å². The minimum atomic E-state index is 0.375. The zero-order valence-electron chi connectivity index (χ0n) is 13.3. The van der Waals surface area contributed by atoms with Crippen LogP contribution >= 0.6 is 0 Å². The predicted molar refractivity (Wildman–Crippen MR) is 81.7 cm³/mol. The first-order valence-electron chi connectivity index (χ1n) is 7.63. The lowest BCUT2D eigenvalue weighted by atomic mass is 10.0. The van der Waals surface area contributed by atoms with Gasteiger partial charge in [-0.3, -0.25) is 0 Å². The molecule has 0 amide bonds. The van der Waals surface area contributed by atoms with Crippen LogP contribution in [0.2, 0.25) is 0 Å². The van der Waals surface area contributed by atoms with Crippen molar-refractivity contribution < 1.29 is 4.52 Å². The number of rotatable bonds is 8. The molecule has 0 fully saturated rings. The molecule has 21 heavy (non-hydrogen) atoms. The molecule has 0 spiro atoms. The van der Waals surface area contributed by atoms with E-state index < -0.39 is 0 Å². The second-order valence-electron chi connectivity index (χ2n) is 5.86. The molecule has 0 aromatic carbocycles. The summed E-state index contributed by atoms with van der Waals surface area (Å²) in [6.07, 6.45) is 6.58. The van der Waals surface area contributed by atoms with Crippen LogP contribution in [0.1, 0.15) is 39.5 Å². The van der Waals surface area contributed by atoms with Crippen molar-refractivity contribution in [3.8, 4) is 11.6 Å². The first-order chi connectivity index (χ1) is 10.1. The van der Waals surface area contributed by atoms with Gasteiger partial charge in [0, 0.05) is 31.9 Å². The van der Waals surface area contributed by atoms with Crippen LogP contribution in [-0.2, 0) is 13.5 Å². The summed E-state index contributed by atoms with van der Waals surface area (Å²) in [5, 5.41) is 7.59. The van der Waals surface area contributed by atoms with E-state index in [1.54, 1.807) is 6.20 Å². The van der Waals surface area contributed by atoms with Gasteiger partial charge in [-0.1, -0.05) is 25.9 Å². The lowest BCUT2D eigenvalue weighted by Gasteiger charge is -2.18. The number of nitrogens with one attached hydrogen (secondary N) is 1. The highest BCUT2D eigenvalue weighted by atomic mass is 16.5. The van der Waals surface area contributed by atoms with E-state index in [0.717, 1.165) is 31.6 Å². The molecule has 0 aliphatic carbocycles. The molecular weight excluding hydrogens is 266 g/mol. The fraction of sp³-hybridized carbons (Fsp3) is 0.667. The predicted octanol–water partition coefficient (Wildman–Crippen LogP) is 2.43. The van der Waals surface area contributed by atoms with E-state index in [2.05, 4.69) is 41.2 Å². The van der Waals surface area contributed by atoms with Crippen molar-refractivity contribution in [3.63, 3.8) is 0 Å². The van der Waals surface area contributed by atoms with Crippen LogP contribution < -0.4 is 5.32 Å². The Hall–Kier alpha value is -1.69. The Morgan fingerprint density at radius 3 is 2.81 bits per heavy atom. The molecule has 0 aliphatic heterocycles. The molecule has 0 saturated heterocycles. The SMILES string of the molecule is CCCNC(Cc1nc(-c2nccn2C)no1)CC(C)C. The summed E-state index contributed by atoms with van der Waals surface area (Å²) in [5.41, 5.74) is 0. The van der Waals surface area contributed by atoms with Gasteiger partial charge in [0.25, 0.3) is 0 Å². The highest BCUT2D eigenvalue weighted by Crippen LogP contribution is 2.15. The molecule has 116 valence electrons. The fourth-order valence-corrected chi connectivity index (χ4v) is 2.38. The van der Waals surface area contributed by atoms with Crippen LogP contribution in [0.15, 0.2) is 16.9 Å². The van der Waals surface area contributed by atoms with E-state index in [4.69, 9.17) is 4.52 Å². The molecule has 0 aliphatic rings. The molecule has 0 bridgehead atoms. The summed E-state index contributed by atoms with van der Waals surface area (Å²) in [6.45, 7) is 7.64. The summed E-state index contributed by atoms with van der Waals surface area (Å²) in [5.74, 6) is 2.58. The summed E-state index contributed by atoms with van der Waals surface area (Å²) < 4.78 is 7.27. The van der Waals surface area contributed by atoms with Crippen molar-refractivity contribution in [2.75, 3.05) is 6.54 Å². The van der Waals surface area contributed by atoms with Gasteiger partial charge in [0.2, 0.25) is 11.7 Å². The number of aromatic nitrogens is 4. The molecular formula is C15H25N5O. The molecule has 6 heteroatoms. The fourth-order valence-electron chi connectivity index (χ4n) is 2.38. The van der Waals surface area contributed by atoms with Gasteiger partial charge in [-0.05, 0) is 25.3 Å². The Bertz CT molecular complexity index is 546. The lowest BCUT2D eigenvalue weighted by Crippen LogP contribution is -2.33. The molecule has 2 heterocycles. The Kier molecular flexibility index (Phi) is 5.50. The van der Waals surface area contributed by atoms with E-state index in [1.165, 1.54) is 0 Å². The lowest BCUT2D eigenvalue weighted by molar-refractivity contribution is 0.338. The maximum absolute atomic E-state index is 5.38. The number of imidazole rings is 1. The van der Waals surface area contributed by atoms with Gasteiger partial charge in [-0.2, -0.15) is 4.98 Å². The normalized spacial score (nSPS) is 13.0. The van der Waals surface area contributed by atoms with Crippen molar-refractivity contribution in [2.24, 2.45) is 13.0 Å². The van der Waals surface area contributed by atoms with Crippen molar-refractivity contribution in [1.82, 2.24) is 25.0 Å². The third-order valence-electron chi connectivity index (χ3n) is 3.35. The highest BCUT2D eigenvalue weighted by Gasteiger charge is 2.17. The van der Waals surface area contributed by atoms with Crippen LogP contribution in [0.4, 0.5) is 0 Å². The maximum atomic E-state index is 5.38. The number of nitrogens with zero attached hydrogens (tertiary/aromatic N) is 4. The monoisotopic (exact) mass is 291 g/mol. The highest BCUT2D eigenvalue weighted by molar-refractivity contribution is 5.42. The van der Waals surface area contributed by atoms with Gasteiger partial charge >= 0.3 is 0 Å². The minimum absolute atomic E-state index is 0.375. The van der Waals surface area contributed by atoms with Gasteiger partial charge < -0.3 is 14.4 Å². The largest absolute Gasteiger partial charge is 0.339 e. The number of aryl methyl sites for hydroxylation is 1. The Labute approximate surface area is 126 Å². The molecule has 2 aromatic heterocycles. The quantitative estimate of drug-likeness (QED) is 0.809. The zero-order valence-corrected chi connectivity index (χ0v) is 13.3. The van der Waals surface area contributed by atoms with Crippen molar-refractivity contribution in [3.05, 3.63) is 18.3 Å². The molecule has 1 unspecified atom stereocenters. The van der Waals surface area contributed by atoms with E-state index in [9.17, 15) is 0 Å². The average Bonchev–Trinajstić information content (AvgIpc) is 3.04. The van der Waals surface area contributed by atoms with Crippen molar-refractivity contribution >= 4 is 0 Å².